The molecular formula is C18H10N4O4. The van der Waals surface area contributed by atoms with Crippen LogP contribution in [0.1, 0.15) is 11.1 Å². The molecule has 0 amide bonds. The van der Waals surface area contributed by atoms with E-state index in [1.165, 1.54) is 12.4 Å². The standard InChI is InChI=1S/C18H10N4O4/c19-7-9-1-3-10(4-2-9)8-22-17(25)11-12(18(22)26)16(24)14-13(15(11)23)20-5-6-21-14/h1-6,20-21H,8H2. The molecular weight excluding hydrogens is 336 g/mol. The van der Waals surface area contributed by atoms with Gasteiger partial charge in [0, 0.05) is 12.4 Å². The van der Waals surface area contributed by atoms with Gasteiger partial charge in [-0.05, 0) is 17.7 Å². The summed E-state index contributed by atoms with van der Waals surface area (Å²) in [5.41, 5.74) is -2.01. The minimum atomic E-state index is -0.796. The number of fused-ring (bicyclic) bond motifs is 2. The number of hydrogen-bond acceptors (Lipinski definition) is 5. The molecule has 126 valence electrons. The summed E-state index contributed by atoms with van der Waals surface area (Å²) in [6, 6.07) is 8.31. The molecule has 2 N–H and O–H groups in total. The van der Waals surface area contributed by atoms with Gasteiger partial charge in [-0.1, -0.05) is 12.1 Å². The Morgan fingerprint density at radius 3 is 1.81 bits per heavy atom. The molecule has 8 nitrogen and oxygen atoms in total. The van der Waals surface area contributed by atoms with Gasteiger partial charge in [0.15, 0.2) is 0 Å². The SMILES string of the molecule is N#Cc1ccc(Cn2c(=O)c3c(=O)c4[nH]cc[nH]c4c(=O)c3c2=O)cc1. The van der Waals surface area contributed by atoms with E-state index in [4.69, 9.17) is 5.26 Å². The zero-order valence-corrected chi connectivity index (χ0v) is 13.2. The maximum absolute atomic E-state index is 12.6. The van der Waals surface area contributed by atoms with Crippen LogP contribution in [0.4, 0.5) is 0 Å². The van der Waals surface area contributed by atoms with Gasteiger partial charge in [-0.25, -0.2) is 0 Å². The van der Waals surface area contributed by atoms with E-state index in [2.05, 4.69) is 9.97 Å². The Morgan fingerprint density at radius 1 is 0.846 bits per heavy atom. The summed E-state index contributed by atoms with van der Waals surface area (Å²) in [4.78, 5) is 55.7. The van der Waals surface area contributed by atoms with Gasteiger partial charge in [0.1, 0.15) is 21.8 Å². The number of rotatable bonds is 2. The highest BCUT2D eigenvalue weighted by Crippen LogP contribution is 2.07. The van der Waals surface area contributed by atoms with E-state index in [-0.39, 0.29) is 17.6 Å². The monoisotopic (exact) mass is 346 g/mol. The molecule has 0 fully saturated rings. The highest BCUT2D eigenvalue weighted by atomic mass is 16.2. The average molecular weight is 346 g/mol. The zero-order chi connectivity index (χ0) is 18.4. The van der Waals surface area contributed by atoms with Crippen molar-refractivity contribution in [1.82, 2.24) is 14.5 Å². The molecule has 2 aromatic heterocycles. The van der Waals surface area contributed by atoms with E-state index in [1.807, 2.05) is 6.07 Å². The molecule has 0 unspecified atom stereocenters. The summed E-state index contributed by atoms with van der Waals surface area (Å²) < 4.78 is 0.869. The van der Waals surface area contributed by atoms with Crippen molar-refractivity contribution in [3.63, 3.8) is 0 Å². The van der Waals surface area contributed by atoms with Gasteiger partial charge < -0.3 is 9.97 Å². The maximum Gasteiger partial charge on any atom is 0.266 e. The molecule has 4 aromatic rings. The van der Waals surface area contributed by atoms with Crippen molar-refractivity contribution in [2.75, 3.05) is 0 Å². The predicted molar refractivity (Wildman–Crippen MR) is 94.7 cm³/mol. The van der Waals surface area contributed by atoms with Gasteiger partial charge in [-0.3, -0.25) is 23.7 Å². The summed E-state index contributed by atoms with van der Waals surface area (Å²) in [5, 5.41) is 8.01. The van der Waals surface area contributed by atoms with Gasteiger partial charge in [0.2, 0.25) is 10.9 Å². The summed E-state index contributed by atoms with van der Waals surface area (Å²) in [6.07, 6.45) is 2.84. The first-order valence-electron chi connectivity index (χ1n) is 7.64. The Kier molecular flexibility index (Phi) is 3.30. The number of aromatic amines is 2. The largest absolute Gasteiger partial charge is 0.355 e. The van der Waals surface area contributed by atoms with Crippen molar-refractivity contribution in [2.45, 2.75) is 6.54 Å². The molecule has 0 bridgehead atoms. The van der Waals surface area contributed by atoms with Crippen LogP contribution >= 0.6 is 0 Å². The maximum atomic E-state index is 12.6. The van der Waals surface area contributed by atoms with Crippen LogP contribution < -0.4 is 22.0 Å². The van der Waals surface area contributed by atoms with Crippen LogP contribution in [0.3, 0.4) is 0 Å². The molecule has 0 radical (unpaired) electrons. The van der Waals surface area contributed by atoms with Crippen LogP contribution in [0, 0.1) is 11.3 Å². The lowest BCUT2D eigenvalue weighted by atomic mass is 10.1. The van der Waals surface area contributed by atoms with Crippen molar-refractivity contribution >= 4 is 21.8 Å². The Bertz CT molecular complexity index is 1360. The first kappa shape index (κ1) is 15.5. The minimum Gasteiger partial charge on any atom is -0.355 e. The lowest BCUT2D eigenvalue weighted by Gasteiger charge is -2.00. The lowest BCUT2D eigenvalue weighted by molar-refractivity contribution is 0.754. The molecule has 0 atom stereocenters. The number of benzene rings is 2. The van der Waals surface area contributed by atoms with Crippen molar-refractivity contribution in [3.05, 3.63) is 88.9 Å². The molecule has 0 saturated carbocycles. The predicted octanol–water partition coefficient (Wildman–Crippen LogP) is 0.249. The van der Waals surface area contributed by atoms with E-state index in [9.17, 15) is 19.2 Å². The fourth-order valence-electron chi connectivity index (χ4n) is 3.01. The molecule has 0 aliphatic carbocycles. The normalized spacial score (nSPS) is 11.0. The molecule has 8 heteroatoms. The van der Waals surface area contributed by atoms with E-state index >= 15 is 0 Å². The van der Waals surface area contributed by atoms with Crippen LogP contribution in [0.2, 0.25) is 0 Å². The van der Waals surface area contributed by atoms with E-state index in [0.29, 0.717) is 11.1 Å². The first-order chi connectivity index (χ1) is 12.5. The lowest BCUT2D eigenvalue weighted by Crippen LogP contribution is -2.27. The summed E-state index contributed by atoms with van der Waals surface area (Å²) in [6.45, 7) is -0.0965. The Labute approximate surface area is 143 Å². The molecule has 2 aromatic carbocycles. The molecule has 2 heterocycles. The number of nitrogens with one attached hydrogen (secondary N) is 2. The van der Waals surface area contributed by atoms with Gasteiger partial charge in [-0.15, -0.1) is 0 Å². The van der Waals surface area contributed by atoms with Crippen molar-refractivity contribution in [3.8, 4) is 6.07 Å². The summed E-state index contributed by atoms with van der Waals surface area (Å²) in [7, 11) is 0. The molecule has 4 rings (SSSR count). The van der Waals surface area contributed by atoms with Crippen LogP contribution in [0.15, 0.2) is 55.8 Å². The number of aromatic nitrogens is 3. The smallest absolute Gasteiger partial charge is 0.266 e. The fraction of sp³-hybridized carbons (Fsp3) is 0.0556. The molecule has 0 aliphatic heterocycles. The third-order valence-electron chi connectivity index (χ3n) is 4.29. The number of nitrogens with zero attached hydrogens (tertiary/aromatic N) is 2. The second-order valence-corrected chi connectivity index (χ2v) is 5.79. The average Bonchev–Trinajstić information content (AvgIpc) is 2.92. The summed E-state index contributed by atoms with van der Waals surface area (Å²) in [5.74, 6) is 0. The zero-order valence-electron chi connectivity index (χ0n) is 13.2. The minimum absolute atomic E-state index is 0.0439. The van der Waals surface area contributed by atoms with Crippen molar-refractivity contribution in [1.29, 1.82) is 5.26 Å². The molecule has 0 spiro atoms. The van der Waals surface area contributed by atoms with E-state index < -0.39 is 32.7 Å². The van der Waals surface area contributed by atoms with Crippen LogP contribution in [0.5, 0.6) is 0 Å². The van der Waals surface area contributed by atoms with E-state index in [1.54, 1.807) is 24.3 Å². The third kappa shape index (κ3) is 2.08. The molecule has 26 heavy (non-hydrogen) atoms. The van der Waals surface area contributed by atoms with Gasteiger partial charge in [-0.2, -0.15) is 5.26 Å². The number of nitriles is 1. The Morgan fingerprint density at radius 2 is 1.35 bits per heavy atom. The second-order valence-electron chi connectivity index (χ2n) is 5.79. The Balaban J connectivity index is 2.03. The third-order valence-corrected chi connectivity index (χ3v) is 4.29. The van der Waals surface area contributed by atoms with Crippen LogP contribution in [-0.4, -0.2) is 14.5 Å². The van der Waals surface area contributed by atoms with Crippen molar-refractivity contribution in [2.24, 2.45) is 0 Å². The van der Waals surface area contributed by atoms with Gasteiger partial charge in [0.05, 0.1) is 18.2 Å². The number of H-pyrrole nitrogens is 2. The molecule has 0 saturated heterocycles. The van der Waals surface area contributed by atoms with E-state index in [0.717, 1.165) is 4.57 Å². The van der Waals surface area contributed by atoms with Crippen molar-refractivity contribution < 1.29 is 0 Å². The van der Waals surface area contributed by atoms with Crippen LogP contribution in [-0.2, 0) is 6.54 Å². The summed E-state index contributed by atoms with van der Waals surface area (Å²) >= 11 is 0. The topological polar surface area (TPSA) is 129 Å². The quantitative estimate of drug-likeness (QED) is 0.537. The van der Waals surface area contributed by atoms with Crippen LogP contribution in [0.25, 0.3) is 21.8 Å². The molecule has 0 aliphatic rings. The highest BCUT2D eigenvalue weighted by Gasteiger charge is 2.22. The first-order valence-corrected chi connectivity index (χ1v) is 7.64. The second kappa shape index (κ2) is 5.53. The fourth-order valence-corrected chi connectivity index (χ4v) is 3.01. The Hall–Kier alpha value is -3.99. The van der Waals surface area contributed by atoms with Gasteiger partial charge in [0.25, 0.3) is 11.1 Å². The van der Waals surface area contributed by atoms with Gasteiger partial charge >= 0.3 is 0 Å². The highest BCUT2D eigenvalue weighted by molar-refractivity contribution is 5.93. The number of hydrogen-bond donors (Lipinski definition) is 2.